The standard InChI is InChI=1S/C27H27Cl2N3O4/c1-3-31-10-12-32(13-11-31)24-7-4-18(27(34)35-2)16-23(24)30-26(33)9-6-22-5-8-25(36-22)19-14-20(28)17-21(29)15-19/h4-9,14-17H,3,10-13H2,1-2H3,(H,30,33)/b9-6+. The second-order valence-corrected chi connectivity index (χ2v) is 9.20. The first-order valence-corrected chi connectivity index (χ1v) is 12.4. The lowest BCUT2D eigenvalue weighted by atomic mass is 10.1. The molecule has 1 fully saturated rings. The van der Waals surface area contributed by atoms with Crippen LogP contribution in [0.5, 0.6) is 0 Å². The van der Waals surface area contributed by atoms with Crippen LogP contribution < -0.4 is 10.2 Å². The zero-order valence-electron chi connectivity index (χ0n) is 20.1. The minimum atomic E-state index is -0.465. The number of carbonyl (C=O) groups excluding carboxylic acids is 2. The van der Waals surface area contributed by atoms with Crippen LogP contribution in [0, 0.1) is 0 Å². The normalized spacial score (nSPS) is 14.3. The number of furan rings is 1. The highest BCUT2D eigenvalue weighted by Gasteiger charge is 2.20. The van der Waals surface area contributed by atoms with E-state index in [4.69, 9.17) is 32.4 Å². The number of amides is 1. The van der Waals surface area contributed by atoms with E-state index >= 15 is 0 Å². The molecule has 188 valence electrons. The SMILES string of the molecule is CCN1CCN(c2ccc(C(=O)OC)cc2NC(=O)/C=C/c2ccc(-c3cc(Cl)cc(Cl)c3)o2)CC1. The monoisotopic (exact) mass is 527 g/mol. The van der Waals surface area contributed by atoms with E-state index in [0.717, 1.165) is 44.0 Å². The molecule has 1 aliphatic heterocycles. The van der Waals surface area contributed by atoms with E-state index in [1.54, 1.807) is 48.5 Å². The number of likely N-dealkylation sites (N-methyl/N-ethyl adjacent to an activating group) is 1. The predicted octanol–water partition coefficient (Wildman–Crippen LogP) is 5.83. The fourth-order valence-electron chi connectivity index (χ4n) is 4.09. The molecule has 2 heterocycles. The van der Waals surface area contributed by atoms with Crippen LogP contribution in [0.15, 0.2) is 59.0 Å². The van der Waals surface area contributed by atoms with Crippen molar-refractivity contribution < 1.29 is 18.7 Å². The minimum absolute atomic E-state index is 0.353. The second kappa shape index (κ2) is 11.6. The Bertz CT molecular complexity index is 1260. The zero-order chi connectivity index (χ0) is 25.7. The summed E-state index contributed by atoms with van der Waals surface area (Å²) in [4.78, 5) is 29.5. The lowest BCUT2D eigenvalue weighted by molar-refractivity contribution is -0.111. The molecule has 36 heavy (non-hydrogen) atoms. The van der Waals surface area contributed by atoms with Gasteiger partial charge in [-0.05, 0) is 61.2 Å². The van der Waals surface area contributed by atoms with Crippen LogP contribution in [-0.2, 0) is 9.53 Å². The molecular weight excluding hydrogens is 501 g/mol. The van der Waals surface area contributed by atoms with Gasteiger partial charge < -0.3 is 24.3 Å². The summed E-state index contributed by atoms with van der Waals surface area (Å²) in [7, 11) is 1.33. The van der Waals surface area contributed by atoms with Gasteiger partial charge in [0.2, 0.25) is 5.91 Å². The Morgan fingerprint density at radius 1 is 1.03 bits per heavy atom. The molecule has 0 bridgehead atoms. The average molecular weight is 528 g/mol. The van der Waals surface area contributed by atoms with Gasteiger partial charge in [0.25, 0.3) is 0 Å². The summed E-state index contributed by atoms with van der Waals surface area (Å²) in [6.07, 6.45) is 2.96. The van der Waals surface area contributed by atoms with Crippen LogP contribution in [0.1, 0.15) is 23.0 Å². The van der Waals surface area contributed by atoms with E-state index in [2.05, 4.69) is 22.0 Å². The number of ether oxygens (including phenoxy) is 1. The number of halogens is 2. The molecular formula is C27H27Cl2N3O4. The van der Waals surface area contributed by atoms with Gasteiger partial charge >= 0.3 is 5.97 Å². The molecule has 0 atom stereocenters. The number of hydrogen-bond donors (Lipinski definition) is 1. The smallest absolute Gasteiger partial charge is 0.337 e. The van der Waals surface area contributed by atoms with Crippen LogP contribution in [-0.4, -0.2) is 56.6 Å². The molecule has 1 saturated heterocycles. The van der Waals surface area contributed by atoms with Crippen molar-refractivity contribution in [3.8, 4) is 11.3 Å². The van der Waals surface area contributed by atoms with E-state index in [0.29, 0.717) is 32.8 Å². The Balaban J connectivity index is 1.51. The van der Waals surface area contributed by atoms with Crippen molar-refractivity contribution in [2.45, 2.75) is 6.92 Å². The van der Waals surface area contributed by atoms with Crippen molar-refractivity contribution in [2.75, 3.05) is 50.1 Å². The number of methoxy groups -OCH3 is 1. The van der Waals surface area contributed by atoms with Crippen LogP contribution in [0.25, 0.3) is 17.4 Å². The Morgan fingerprint density at radius 3 is 2.42 bits per heavy atom. The first kappa shape index (κ1) is 25.8. The summed E-state index contributed by atoms with van der Waals surface area (Å²) in [5, 5.41) is 3.92. The first-order chi connectivity index (χ1) is 17.4. The van der Waals surface area contributed by atoms with Crippen molar-refractivity contribution in [3.63, 3.8) is 0 Å². The van der Waals surface area contributed by atoms with Gasteiger partial charge in [0, 0.05) is 47.9 Å². The topological polar surface area (TPSA) is 75.0 Å². The number of esters is 1. The highest BCUT2D eigenvalue weighted by atomic mass is 35.5. The van der Waals surface area contributed by atoms with Gasteiger partial charge in [-0.1, -0.05) is 30.1 Å². The van der Waals surface area contributed by atoms with Crippen molar-refractivity contribution in [1.82, 2.24) is 4.90 Å². The van der Waals surface area contributed by atoms with Gasteiger partial charge in [0.05, 0.1) is 24.0 Å². The lowest BCUT2D eigenvalue weighted by Crippen LogP contribution is -2.46. The number of nitrogens with zero attached hydrogens (tertiary/aromatic N) is 2. The molecule has 7 nitrogen and oxygen atoms in total. The zero-order valence-corrected chi connectivity index (χ0v) is 21.6. The summed E-state index contributed by atoms with van der Waals surface area (Å²) in [6, 6.07) is 13.9. The molecule has 0 unspecified atom stereocenters. The molecule has 0 saturated carbocycles. The molecule has 1 amide bonds. The quantitative estimate of drug-likeness (QED) is 0.307. The molecule has 0 aliphatic carbocycles. The van der Waals surface area contributed by atoms with Gasteiger partial charge in [0.15, 0.2) is 0 Å². The van der Waals surface area contributed by atoms with Gasteiger partial charge in [-0.15, -0.1) is 0 Å². The maximum absolute atomic E-state index is 12.8. The first-order valence-electron chi connectivity index (χ1n) is 11.6. The fraction of sp³-hybridized carbons (Fsp3) is 0.259. The fourth-order valence-corrected chi connectivity index (χ4v) is 4.61. The number of hydrogen-bond acceptors (Lipinski definition) is 6. The molecule has 3 aromatic rings. The number of carbonyl (C=O) groups is 2. The Labute approximate surface area is 220 Å². The van der Waals surface area contributed by atoms with E-state index in [-0.39, 0.29) is 5.91 Å². The van der Waals surface area contributed by atoms with E-state index in [1.807, 2.05) is 6.07 Å². The third-order valence-electron chi connectivity index (χ3n) is 6.01. The lowest BCUT2D eigenvalue weighted by Gasteiger charge is -2.36. The Morgan fingerprint density at radius 2 is 1.75 bits per heavy atom. The molecule has 1 aliphatic rings. The van der Waals surface area contributed by atoms with Gasteiger partial charge in [-0.25, -0.2) is 4.79 Å². The summed E-state index contributed by atoms with van der Waals surface area (Å²) in [6.45, 7) is 6.66. The maximum atomic E-state index is 12.8. The van der Waals surface area contributed by atoms with Crippen molar-refractivity contribution >= 4 is 52.5 Å². The second-order valence-electron chi connectivity index (χ2n) is 8.33. The highest BCUT2D eigenvalue weighted by Crippen LogP contribution is 2.30. The van der Waals surface area contributed by atoms with Gasteiger partial charge in [-0.3, -0.25) is 4.79 Å². The summed E-state index contributed by atoms with van der Waals surface area (Å²) in [5.74, 6) is 0.260. The summed E-state index contributed by atoms with van der Waals surface area (Å²) in [5.41, 5.74) is 2.51. The van der Waals surface area contributed by atoms with E-state index < -0.39 is 5.97 Å². The number of piperazine rings is 1. The van der Waals surface area contributed by atoms with Gasteiger partial charge in [0.1, 0.15) is 11.5 Å². The third-order valence-corrected chi connectivity index (χ3v) is 6.44. The Kier molecular flexibility index (Phi) is 8.36. The predicted molar refractivity (Wildman–Crippen MR) is 144 cm³/mol. The highest BCUT2D eigenvalue weighted by molar-refractivity contribution is 6.35. The Hall–Kier alpha value is -3.26. The molecule has 9 heteroatoms. The number of benzene rings is 2. The average Bonchev–Trinajstić information content (AvgIpc) is 3.36. The molecule has 0 spiro atoms. The van der Waals surface area contributed by atoms with Crippen molar-refractivity contribution in [3.05, 3.63) is 76.0 Å². The largest absolute Gasteiger partial charge is 0.465 e. The van der Waals surface area contributed by atoms with Crippen LogP contribution >= 0.6 is 23.2 Å². The molecule has 4 rings (SSSR count). The maximum Gasteiger partial charge on any atom is 0.337 e. The van der Waals surface area contributed by atoms with Crippen molar-refractivity contribution in [2.24, 2.45) is 0 Å². The number of anilines is 2. The molecule has 1 aromatic heterocycles. The van der Waals surface area contributed by atoms with E-state index in [9.17, 15) is 9.59 Å². The summed E-state index contributed by atoms with van der Waals surface area (Å²) < 4.78 is 10.7. The molecule has 2 aromatic carbocycles. The number of rotatable bonds is 7. The van der Waals surface area contributed by atoms with Crippen LogP contribution in [0.3, 0.4) is 0 Å². The van der Waals surface area contributed by atoms with Gasteiger partial charge in [-0.2, -0.15) is 0 Å². The van der Waals surface area contributed by atoms with E-state index in [1.165, 1.54) is 13.2 Å². The van der Waals surface area contributed by atoms with Crippen LogP contribution in [0.4, 0.5) is 11.4 Å². The molecule has 1 N–H and O–H groups in total. The third kappa shape index (κ3) is 6.29. The van der Waals surface area contributed by atoms with Crippen molar-refractivity contribution in [1.29, 1.82) is 0 Å². The molecule has 0 radical (unpaired) electrons. The summed E-state index contributed by atoms with van der Waals surface area (Å²) >= 11 is 12.2. The van der Waals surface area contributed by atoms with Crippen LogP contribution in [0.2, 0.25) is 10.0 Å². The minimum Gasteiger partial charge on any atom is -0.465 e. The number of nitrogens with one attached hydrogen (secondary N) is 1.